The summed E-state index contributed by atoms with van der Waals surface area (Å²) in [7, 11) is 0. The molecule has 1 aromatic rings. The molecule has 0 bridgehead atoms. The van der Waals surface area contributed by atoms with Crippen molar-refractivity contribution in [1.29, 1.82) is 0 Å². The third-order valence-corrected chi connectivity index (χ3v) is 4.16. The van der Waals surface area contributed by atoms with Gasteiger partial charge in [-0.3, -0.25) is 4.90 Å². The van der Waals surface area contributed by atoms with Gasteiger partial charge in [0, 0.05) is 26.2 Å². The van der Waals surface area contributed by atoms with Crippen molar-refractivity contribution < 1.29 is 13.5 Å². The molecule has 2 fully saturated rings. The molecule has 2 aliphatic rings. The number of ether oxygens (including phenoxy) is 1. The summed E-state index contributed by atoms with van der Waals surface area (Å²) in [5.41, 5.74) is 0.575. The fraction of sp³-hybridized carbons (Fsp3) is 0.600. The van der Waals surface area contributed by atoms with E-state index >= 15 is 0 Å². The van der Waals surface area contributed by atoms with Crippen LogP contribution in [0.1, 0.15) is 18.4 Å². The summed E-state index contributed by atoms with van der Waals surface area (Å²) in [5.74, 6) is 0. The van der Waals surface area contributed by atoms with Gasteiger partial charge in [-0.1, -0.05) is 30.3 Å². The fourth-order valence-corrected chi connectivity index (χ4v) is 3.06. The molecule has 1 spiro atoms. The van der Waals surface area contributed by atoms with Crippen molar-refractivity contribution in [3.05, 3.63) is 35.9 Å². The van der Waals surface area contributed by atoms with Crippen LogP contribution in [0.2, 0.25) is 0 Å². The molecular weight excluding hydrogens is 262 g/mol. The second-order valence-electron chi connectivity index (χ2n) is 5.79. The number of halogens is 2. The first-order valence-electron chi connectivity index (χ1n) is 7.12. The lowest BCUT2D eigenvalue weighted by molar-refractivity contribution is -0.315. The molecule has 0 saturated carbocycles. The van der Waals surface area contributed by atoms with Crippen LogP contribution in [0, 0.1) is 0 Å². The number of hydrogen-bond donors (Lipinski definition) is 1. The van der Waals surface area contributed by atoms with Gasteiger partial charge in [-0.25, -0.2) is 0 Å². The molecule has 3 rings (SSSR count). The first kappa shape index (κ1) is 13.9. The topological polar surface area (TPSA) is 24.5 Å². The van der Waals surface area contributed by atoms with Crippen LogP contribution in [0.25, 0.3) is 0 Å². The highest BCUT2D eigenvalue weighted by Crippen LogP contribution is 2.35. The Morgan fingerprint density at radius 1 is 1.10 bits per heavy atom. The van der Waals surface area contributed by atoms with Crippen molar-refractivity contribution in [2.75, 3.05) is 26.2 Å². The van der Waals surface area contributed by atoms with E-state index in [1.54, 1.807) is 0 Å². The summed E-state index contributed by atoms with van der Waals surface area (Å²) in [6.07, 6.45) is -1.72. The van der Waals surface area contributed by atoms with Gasteiger partial charge in [0.05, 0.1) is 12.1 Å². The largest absolute Gasteiger partial charge is 0.368 e. The highest BCUT2D eigenvalue weighted by Gasteiger charge is 2.47. The minimum Gasteiger partial charge on any atom is -0.311 e. The molecule has 0 unspecified atom stereocenters. The Labute approximate surface area is 117 Å². The van der Waals surface area contributed by atoms with Gasteiger partial charge in [0.2, 0.25) is 0 Å². The van der Waals surface area contributed by atoms with Gasteiger partial charge in [0.15, 0.2) is 0 Å². The Balaban J connectivity index is 1.57. The quantitative estimate of drug-likeness (QED) is 0.900. The molecule has 2 heterocycles. The summed E-state index contributed by atoms with van der Waals surface area (Å²) in [5, 5.41) is 2.81. The number of piperidine rings is 1. The first-order valence-corrected chi connectivity index (χ1v) is 7.12. The standard InChI is InChI=1S/C15H20F2N2O/c16-15(17)12-18-11-14(20-15)6-8-19(9-7-14)10-13-4-2-1-3-5-13/h1-5,18H,6-12H2. The Morgan fingerprint density at radius 3 is 2.45 bits per heavy atom. The summed E-state index contributed by atoms with van der Waals surface area (Å²) < 4.78 is 31.8. The summed E-state index contributed by atoms with van der Waals surface area (Å²) in [6.45, 7) is 2.63. The van der Waals surface area contributed by atoms with Crippen LogP contribution in [0.4, 0.5) is 8.78 Å². The average molecular weight is 282 g/mol. The number of morpholine rings is 1. The van der Waals surface area contributed by atoms with Crippen molar-refractivity contribution >= 4 is 0 Å². The Kier molecular flexibility index (Phi) is 3.75. The van der Waals surface area contributed by atoms with Crippen LogP contribution >= 0.6 is 0 Å². The molecular formula is C15H20F2N2O. The molecule has 2 aliphatic heterocycles. The monoisotopic (exact) mass is 282 g/mol. The number of hydrogen-bond acceptors (Lipinski definition) is 3. The van der Waals surface area contributed by atoms with E-state index in [9.17, 15) is 8.78 Å². The van der Waals surface area contributed by atoms with Gasteiger partial charge in [-0.15, -0.1) is 0 Å². The Bertz CT molecular complexity index is 444. The van der Waals surface area contributed by atoms with Crippen molar-refractivity contribution in [1.82, 2.24) is 10.2 Å². The summed E-state index contributed by atoms with van der Waals surface area (Å²) in [6, 6.07) is 10.2. The Morgan fingerprint density at radius 2 is 1.80 bits per heavy atom. The lowest BCUT2D eigenvalue weighted by Gasteiger charge is -2.46. The number of nitrogens with one attached hydrogen (secondary N) is 1. The number of rotatable bonds is 2. The summed E-state index contributed by atoms with van der Waals surface area (Å²) in [4.78, 5) is 2.30. The second-order valence-corrected chi connectivity index (χ2v) is 5.79. The van der Waals surface area contributed by atoms with Gasteiger partial charge < -0.3 is 10.1 Å². The molecule has 110 valence electrons. The maximum absolute atomic E-state index is 13.4. The smallest absolute Gasteiger partial charge is 0.311 e. The van der Waals surface area contributed by atoms with Crippen LogP contribution in [0.15, 0.2) is 30.3 Å². The molecule has 0 amide bonds. The molecule has 0 aliphatic carbocycles. The van der Waals surface area contributed by atoms with Crippen LogP contribution in [-0.4, -0.2) is 42.8 Å². The van der Waals surface area contributed by atoms with Crippen LogP contribution < -0.4 is 5.32 Å². The number of likely N-dealkylation sites (tertiary alicyclic amines) is 1. The highest BCUT2D eigenvalue weighted by molar-refractivity contribution is 5.14. The third-order valence-electron chi connectivity index (χ3n) is 4.16. The number of nitrogens with zero attached hydrogens (tertiary/aromatic N) is 1. The number of alkyl halides is 2. The van der Waals surface area contributed by atoms with Gasteiger partial charge in [0.25, 0.3) is 0 Å². The van der Waals surface area contributed by atoms with Crippen molar-refractivity contribution in [3.8, 4) is 0 Å². The van der Waals surface area contributed by atoms with Crippen molar-refractivity contribution in [3.63, 3.8) is 0 Å². The minimum atomic E-state index is -3.03. The van der Waals surface area contributed by atoms with E-state index in [-0.39, 0.29) is 6.54 Å². The molecule has 1 N–H and O–H groups in total. The predicted molar refractivity (Wildman–Crippen MR) is 72.6 cm³/mol. The average Bonchev–Trinajstić information content (AvgIpc) is 2.42. The van der Waals surface area contributed by atoms with Crippen molar-refractivity contribution in [2.45, 2.75) is 31.1 Å². The maximum atomic E-state index is 13.4. The fourth-order valence-electron chi connectivity index (χ4n) is 3.06. The highest BCUT2D eigenvalue weighted by atomic mass is 19.3. The zero-order valence-corrected chi connectivity index (χ0v) is 11.4. The minimum absolute atomic E-state index is 0.373. The molecule has 5 heteroatoms. The van der Waals surface area contributed by atoms with Crippen molar-refractivity contribution in [2.24, 2.45) is 0 Å². The van der Waals surface area contributed by atoms with Gasteiger partial charge in [-0.05, 0) is 18.4 Å². The molecule has 2 saturated heterocycles. The van der Waals surface area contributed by atoms with E-state index in [2.05, 4.69) is 22.3 Å². The molecule has 0 aromatic heterocycles. The predicted octanol–water partition coefficient (Wildman–Crippen LogP) is 2.23. The van der Waals surface area contributed by atoms with Gasteiger partial charge >= 0.3 is 6.11 Å². The van der Waals surface area contributed by atoms with Gasteiger partial charge in [-0.2, -0.15) is 8.78 Å². The van der Waals surface area contributed by atoms with E-state index in [0.29, 0.717) is 19.4 Å². The van der Waals surface area contributed by atoms with E-state index in [4.69, 9.17) is 4.74 Å². The lowest BCUT2D eigenvalue weighted by atomic mass is 9.89. The third kappa shape index (κ3) is 3.16. The van der Waals surface area contributed by atoms with Crippen LogP contribution in [0.5, 0.6) is 0 Å². The molecule has 20 heavy (non-hydrogen) atoms. The zero-order valence-electron chi connectivity index (χ0n) is 11.4. The molecule has 3 nitrogen and oxygen atoms in total. The van der Waals surface area contributed by atoms with Crippen LogP contribution in [-0.2, 0) is 11.3 Å². The zero-order chi connectivity index (χ0) is 14.1. The molecule has 0 radical (unpaired) electrons. The van der Waals surface area contributed by atoms with E-state index in [1.807, 2.05) is 18.2 Å². The van der Waals surface area contributed by atoms with E-state index in [1.165, 1.54) is 5.56 Å². The van der Waals surface area contributed by atoms with E-state index < -0.39 is 11.7 Å². The van der Waals surface area contributed by atoms with Crippen LogP contribution in [0.3, 0.4) is 0 Å². The summed E-state index contributed by atoms with van der Waals surface area (Å²) >= 11 is 0. The molecule has 0 atom stereocenters. The lowest BCUT2D eigenvalue weighted by Crippen LogP contribution is -2.60. The second kappa shape index (κ2) is 5.39. The first-order chi connectivity index (χ1) is 9.57. The van der Waals surface area contributed by atoms with Gasteiger partial charge in [0.1, 0.15) is 0 Å². The normalized spacial score (nSPS) is 25.7. The van der Waals surface area contributed by atoms with E-state index in [0.717, 1.165) is 19.6 Å². The molecule has 1 aromatic carbocycles. The maximum Gasteiger partial charge on any atom is 0.368 e. The Hall–Kier alpha value is -1.04. The SMILES string of the molecule is FC1(F)CNCC2(CCN(Cc3ccccc3)CC2)O1. The number of benzene rings is 1.